The number of carboxylic acid groups (broad SMARTS) is 1. The number of nitrogens with one attached hydrogen (secondary N) is 3. The zero-order valence-electron chi connectivity index (χ0n) is 18.8. The van der Waals surface area contributed by atoms with Crippen molar-refractivity contribution in [3.05, 3.63) is 98.4 Å². The number of aromatic amines is 1. The molecule has 5 aromatic rings. The van der Waals surface area contributed by atoms with E-state index in [0.717, 1.165) is 0 Å². The number of benzene rings is 2. The molecule has 3 heterocycles. The van der Waals surface area contributed by atoms with E-state index in [9.17, 15) is 19.2 Å². The summed E-state index contributed by atoms with van der Waals surface area (Å²) in [4.78, 5) is 55.1. The van der Waals surface area contributed by atoms with E-state index in [1.807, 2.05) is 0 Å². The maximum Gasteiger partial charge on any atom is 0.417 e. The van der Waals surface area contributed by atoms with Gasteiger partial charge in [0.05, 0.1) is 22.3 Å². The van der Waals surface area contributed by atoms with Crippen LogP contribution in [0.1, 0.15) is 42.5 Å². The van der Waals surface area contributed by atoms with E-state index >= 15 is 0 Å². The van der Waals surface area contributed by atoms with Gasteiger partial charge in [0.25, 0.3) is 11.8 Å². The molecule has 0 saturated heterocycles. The molecule has 0 bridgehead atoms. The SMILES string of the molecule is O=C(NCc1ccc2oc(=O)[nH]c2c1)c1cc(C(=O)NCc2ccc(C(=O)O)c(Cl)c2)n2nccc2n1. The fourth-order valence-corrected chi connectivity index (χ4v) is 3.97. The van der Waals surface area contributed by atoms with E-state index in [1.165, 1.54) is 28.9 Å². The van der Waals surface area contributed by atoms with Crippen LogP contribution in [0, 0.1) is 0 Å². The van der Waals surface area contributed by atoms with Gasteiger partial charge < -0.3 is 20.2 Å². The summed E-state index contributed by atoms with van der Waals surface area (Å²) in [6, 6.07) is 12.2. The number of rotatable bonds is 7. The van der Waals surface area contributed by atoms with Gasteiger partial charge in [-0.3, -0.25) is 14.6 Å². The Labute approximate surface area is 211 Å². The molecule has 0 unspecified atom stereocenters. The first-order valence-electron chi connectivity index (χ1n) is 10.8. The number of H-pyrrole nitrogens is 1. The van der Waals surface area contributed by atoms with Crippen molar-refractivity contribution < 1.29 is 23.9 Å². The molecule has 0 aliphatic carbocycles. The van der Waals surface area contributed by atoms with Crippen molar-refractivity contribution in [1.82, 2.24) is 30.2 Å². The molecule has 37 heavy (non-hydrogen) atoms. The number of aromatic carboxylic acids is 1. The minimum atomic E-state index is -1.15. The van der Waals surface area contributed by atoms with Gasteiger partial charge in [-0.1, -0.05) is 23.7 Å². The summed E-state index contributed by atoms with van der Waals surface area (Å²) in [5, 5.41) is 18.7. The molecule has 3 aromatic heterocycles. The van der Waals surface area contributed by atoms with Crippen LogP contribution < -0.4 is 16.4 Å². The first-order valence-corrected chi connectivity index (χ1v) is 11.2. The van der Waals surface area contributed by atoms with Crippen LogP contribution in [0.3, 0.4) is 0 Å². The highest BCUT2D eigenvalue weighted by molar-refractivity contribution is 6.33. The van der Waals surface area contributed by atoms with E-state index in [2.05, 4.69) is 25.7 Å². The van der Waals surface area contributed by atoms with Gasteiger partial charge in [-0.05, 0) is 35.4 Å². The minimum Gasteiger partial charge on any atom is -0.478 e. The Balaban J connectivity index is 1.32. The largest absolute Gasteiger partial charge is 0.478 e. The fraction of sp³-hybridized carbons (Fsp3) is 0.0833. The maximum atomic E-state index is 13.0. The molecule has 186 valence electrons. The van der Waals surface area contributed by atoms with Crippen LogP contribution in [0.25, 0.3) is 16.7 Å². The number of carboxylic acids is 1. The van der Waals surface area contributed by atoms with Gasteiger partial charge in [-0.15, -0.1) is 0 Å². The van der Waals surface area contributed by atoms with Gasteiger partial charge in [0, 0.05) is 25.2 Å². The molecule has 2 aromatic carbocycles. The third-order valence-electron chi connectivity index (χ3n) is 5.48. The summed E-state index contributed by atoms with van der Waals surface area (Å²) >= 11 is 6.00. The summed E-state index contributed by atoms with van der Waals surface area (Å²) in [6.45, 7) is 0.201. The van der Waals surface area contributed by atoms with E-state index in [0.29, 0.717) is 27.9 Å². The molecule has 0 aliphatic rings. The standard InChI is InChI=1S/C24H17ClN6O6/c25-15-7-12(1-3-14(15)23(34)35)10-27-22(33)18-9-17(29-20-5-6-28-31(18)20)21(32)26-11-13-2-4-19-16(8-13)30-24(36)37-19/h1-9H,10-11H2,(H,26,32)(H,27,33)(H,30,36)(H,34,35). The quantitative estimate of drug-likeness (QED) is 0.253. The molecule has 0 spiro atoms. The lowest BCUT2D eigenvalue weighted by molar-refractivity contribution is 0.0696. The second-order valence-electron chi connectivity index (χ2n) is 7.96. The lowest BCUT2D eigenvalue weighted by Gasteiger charge is -2.10. The molecule has 0 atom stereocenters. The first kappa shape index (κ1) is 23.8. The van der Waals surface area contributed by atoms with Crippen LogP contribution >= 0.6 is 11.6 Å². The molecular formula is C24H17ClN6O6. The number of fused-ring (bicyclic) bond motifs is 2. The number of carbonyl (C=O) groups excluding carboxylic acids is 2. The lowest BCUT2D eigenvalue weighted by atomic mass is 10.1. The van der Waals surface area contributed by atoms with Crippen molar-refractivity contribution in [3.8, 4) is 0 Å². The summed E-state index contributed by atoms with van der Waals surface area (Å²) in [5.41, 5.74) is 2.55. The molecule has 13 heteroatoms. The summed E-state index contributed by atoms with van der Waals surface area (Å²) in [6.07, 6.45) is 1.45. The van der Waals surface area contributed by atoms with Crippen molar-refractivity contribution in [1.29, 1.82) is 0 Å². The molecule has 2 amide bonds. The van der Waals surface area contributed by atoms with Crippen LogP contribution in [-0.2, 0) is 13.1 Å². The zero-order chi connectivity index (χ0) is 26.1. The van der Waals surface area contributed by atoms with Crippen molar-refractivity contribution in [3.63, 3.8) is 0 Å². The third kappa shape index (κ3) is 4.90. The molecular weight excluding hydrogens is 504 g/mol. The van der Waals surface area contributed by atoms with Crippen LogP contribution in [0.15, 0.2) is 63.9 Å². The first-order chi connectivity index (χ1) is 17.8. The molecule has 0 saturated carbocycles. The maximum absolute atomic E-state index is 13.0. The number of aromatic nitrogens is 4. The van der Waals surface area contributed by atoms with E-state index in [4.69, 9.17) is 21.1 Å². The Bertz CT molecular complexity index is 1750. The second-order valence-corrected chi connectivity index (χ2v) is 8.36. The molecule has 0 aliphatic heterocycles. The van der Waals surface area contributed by atoms with Crippen molar-refractivity contribution in [2.45, 2.75) is 13.1 Å². The Morgan fingerprint density at radius 2 is 1.73 bits per heavy atom. The number of oxazole rings is 1. The Kier molecular flexibility index (Phi) is 6.15. The fourth-order valence-electron chi connectivity index (χ4n) is 3.69. The lowest BCUT2D eigenvalue weighted by Crippen LogP contribution is -2.28. The van der Waals surface area contributed by atoms with Crippen LogP contribution in [0.4, 0.5) is 0 Å². The molecule has 12 nitrogen and oxygen atoms in total. The Morgan fingerprint density at radius 1 is 1.00 bits per heavy atom. The summed E-state index contributed by atoms with van der Waals surface area (Å²) < 4.78 is 6.27. The van der Waals surface area contributed by atoms with Crippen molar-refractivity contribution >= 4 is 46.1 Å². The highest BCUT2D eigenvalue weighted by Gasteiger charge is 2.18. The number of nitrogens with zero attached hydrogens (tertiary/aromatic N) is 3. The zero-order valence-corrected chi connectivity index (χ0v) is 19.6. The van der Waals surface area contributed by atoms with E-state index < -0.39 is 23.5 Å². The average molecular weight is 521 g/mol. The van der Waals surface area contributed by atoms with E-state index in [1.54, 1.807) is 30.3 Å². The van der Waals surface area contributed by atoms with Gasteiger partial charge in [0.15, 0.2) is 11.2 Å². The number of carbonyl (C=O) groups is 3. The molecule has 0 fully saturated rings. The topological polar surface area (TPSA) is 172 Å². The molecule has 0 radical (unpaired) electrons. The monoisotopic (exact) mass is 520 g/mol. The number of halogens is 1. The summed E-state index contributed by atoms with van der Waals surface area (Å²) in [7, 11) is 0. The van der Waals surface area contributed by atoms with Gasteiger partial charge in [-0.2, -0.15) is 5.10 Å². The normalized spacial score (nSPS) is 11.1. The Hall–Kier alpha value is -4.97. The predicted octanol–water partition coefficient (Wildman–Crippen LogP) is 2.38. The van der Waals surface area contributed by atoms with Gasteiger partial charge in [-0.25, -0.2) is 19.1 Å². The molecule has 5 rings (SSSR count). The molecule has 4 N–H and O–H groups in total. The summed E-state index contributed by atoms with van der Waals surface area (Å²) in [5.74, 6) is -2.77. The van der Waals surface area contributed by atoms with Crippen molar-refractivity contribution in [2.24, 2.45) is 0 Å². The number of amides is 2. The van der Waals surface area contributed by atoms with Gasteiger partial charge in [0.2, 0.25) is 0 Å². The number of hydrogen-bond acceptors (Lipinski definition) is 7. The van der Waals surface area contributed by atoms with Crippen LogP contribution in [0.5, 0.6) is 0 Å². The van der Waals surface area contributed by atoms with Crippen LogP contribution in [0.2, 0.25) is 5.02 Å². The highest BCUT2D eigenvalue weighted by atomic mass is 35.5. The Morgan fingerprint density at radius 3 is 2.49 bits per heavy atom. The van der Waals surface area contributed by atoms with E-state index in [-0.39, 0.29) is 35.1 Å². The predicted molar refractivity (Wildman–Crippen MR) is 131 cm³/mol. The average Bonchev–Trinajstić information content (AvgIpc) is 3.50. The smallest absolute Gasteiger partial charge is 0.417 e. The van der Waals surface area contributed by atoms with Crippen LogP contribution in [-0.4, -0.2) is 42.5 Å². The second kappa shape index (κ2) is 9.59. The third-order valence-corrected chi connectivity index (χ3v) is 5.79. The highest BCUT2D eigenvalue weighted by Crippen LogP contribution is 2.18. The van der Waals surface area contributed by atoms with Gasteiger partial charge >= 0.3 is 11.7 Å². The number of hydrogen-bond donors (Lipinski definition) is 4. The van der Waals surface area contributed by atoms with Gasteiger partial charge in [0.1, 0.15) is 11.4 Å². The van der Waals surface area contributed by atoms with Crippen molar-refractivity contribution in [2.75, 3.05) is 0 Å². The minimum absolute atomic E-state index is 0.00445.